The first-order valence-electron chi connectivity index (χ1n) is 6.71. The Labute approximate surface area is 130 Å². The highest BCUT2D eigenvalue weighted by atomic mass is 32.2. The van der Waals surface area contributed by atoms with Gasteiger partial charge in [-0.1, -0.05) is 11.8 Å². The van der Waals surface area contributed by atoms with Crippen molar-refractivity contribution in [2.24, 2.45) is 0 Å². The second kappa shape index (κ2) is 4.84. The molecule has 7 heteroatoms. The van der Waals surface area contributed by atoms with Gasteiger partial charge in [0.2, 0.25) is 0 Å². The summed E-state index contributed by atoms with van der Waals surface area (Å²) in [4.78, 5) is 30.1. The molecule has 0 aromatic carbocycles. The van der Waals surface area contributed by atoms with Gasteiger partial charge in [-0.2, -0.15) is 0 Å². The molecule has 0 aliphatic heterocycles. The molecule has 0 spiro atoms. The van der Waals surface area contributed by atoms with Crippen LogP contribution >= 0.6 is 23.1 Å². The van der Waals surface area contributed by atoms with Crippen LogP contribution < -0.4 is 5.56 Å². The lowest BCUT2D eigenvalue weighted by atomic mass is 10.2. The van der Waals surface area contributed by atoms with E-state index in [2.05, 4.69) is 4.98 Å². The molecule has 0 bridgehead atoms. The zero-order chi connectivity index (χ0) is 15.4. The number of aliphatic carboxylic acids is 1. The van der Waals surface area contributed by atoms with Gasteiger partial charge in [0.15, 0.2) is 5.16 Å². The lowest BCUT2D eigenvalue weighted by Gasteiger charge is -2.17. The Bertz CT molecular complexity index is 803. The van der Waals surface area contributed by atoms with E-state index >= 15 is 0 Å². The molecular formula is C14H16N2O3S2. The predicted octanol–water partition coefficient (Wildman–Crippen LogP) is 2.76. The summed E-state index contributed by atoms with van der Waals surface area (Å²) in [6, 6.07) is 0. The highest BCUT2D eigenvalue weighted by Gasteiger charge is 2.42. The molecule has 112 valence electrons. The summed E-state index contributed by atoms with van der Waals surface area (Å²) < 4.78 is 1.71. The maximum Gasteiger partial charge on any atom is 0.313 e. The fraction of sp³-hybridized carbons (Fsp3) is 0.500. The van der Waals surface area contributed by atoms with Gasteiger partial charge in [-0.15, -0.1) is 11.3 Å². The van der Waals surface area contributed by atoms with Crippen molar-refractivity contribution in [3.63, 3.8) is 0 Å². The van der Waals surface area contributed by atoms with E-state index in [0.29, 0.717) is 15.4 Å². The number of aromatic nitrogens is 2. The fourth-order valence-electron chi connectivity index (χ4n) is 2.38. The van der Waals surface area contributed by atoms with E-state index in [4.69, 9.17) is 5.11 Å². The minimum Gasteiger partial charge on any atom is -0.481 e. The number of rotatable bonds is 4. The molecule has 0 atom stereocenters. The van der Waals surface area contributed by atoms with Crippen LogP contribution in [0.2, 0.25) is 0 Å². The van der Waals surface area contributed by atoms with Crippen molar-refractivity contribution in [3.05, 3.63) is 20.8 Å². The average molecular weight is 324 g/mol. The third kappa shape index (κ3) is 2.38. The molecule has 3 rings (SSSR count). The predicted molar refractivity (Wildman–Crippen MR) is 84.6 cm³/mol. The standard InChI is InChI=1S/C14H16N2O3S2/c1-7-8(2)21-11-10(7)12(19)16(14(3)4-5-14)13(15-11)20-6-9(17)18/h4-6H2,1-3H3,(H,17,18). The van der Waals surface area contributed by atoms with E-state index in [1.165, 1.54) is 11.3 Å². The maximum absolute atomic E-state index is 12.9. The number of carbonyl (C=O) groups is 1. The van der Waals surface area contributed by atoms with Crippen LogP contribution in [0.4, 0.5) is 0 Å². The fourth-order valence-corrected chi connectivity index (χ4v) is 4.30. The summed E-state index contributed by atoms with van der Waals surface area (Å²) in [6.07, 6.45) is 1.87. The summed E-state index contributed by atoms with van der Waals surface area (Å²) in [5.74, 6) is -0.988. The summed E-state index contributed by atoms with van der Waals surface area (Å²) >= 11 is 2.62. The molecule has 2 heterocycles. The van der Waals surface area contributed by atoms with E-state index in [1.807, 2.05) is 20.8 Å². The number of thioether (sulfide) groups is 1. The lowest BCUT2D eigenvalue weighted by Crippen LogP contribution is -2.31. The van der Waals surface area contributed by atoms with Gasteiger partial charge in [0.25, 0.3) is 5.56 Å². The minimum absolute atomic E-state index is 0.0326. The van der Waals surface area contributed by atoms with Crippen molar-refractivity contribution < 1.29 is 9.90 Å². The Morgan fingerprint density at radius 1 is 1.48 bits per heavy atom. The number of hydrogen-bond acceptors (Lipinski definition) is 5. The molecule has 1 aliphatic carbocycles. The summed E-state index contributed by atoms with van der Waals surface area (Å²) in [5, 5.41) is 10.1. The molecule has 21 heavy (non-hydrogen) atoms. The van der Waals surface area contributed by atoms with E-state index in [0.717, 1.165) is 35.0 Å². The Morgan fingerprint density at radius 2 is 2.14 bits per heavy atom. The van der Waals surface area contributed by atoms with Crippen LogP contribution in [0.5, 0.6) is 0 Å². The Balaban J connectivity index is 2.25. The molecule has 1 aliphatic rings. The second-order valence-electron chi connectivity index (χ2n) is 5.68. The first-order valence-corrected chi connectivity index (χ1v) is 8.51. The molecule has 1 saturated carbocycles. The maximum atomic E-state index is 12.9. The minimum atomic E-state index is -0.902. The molecule has 0 amide bonds. The zero-order valence-corrected chi connectivity index (χ0v) is 13.7. The van der Waals surface area contributed by atoms with Gasteiger partial charge < -0.3 is 5.11 Å². The molecule has 2 aromatic rings. The Hall–Kier alpha value is -1.34. The molecular weight excluding hydrogens is 308 g/mol. The highest BCUT2D eigenvalue weighted by molar-refractivity contribution is 7.99. The van der Waals surface area contributed by atoms with Crippen molar-refractivity contribution in [2.45, 2.75) is 44.3 Å². The lowest BCUT2D eigenvalue weighted by molar-refractivity contribution is -0.133. The van der Waals surface area contributed by atoms with E-state index in [1.54, 1.807) is 4.57 Å². The van der Waals surface area contributed by atoms with Gasteiger partial charge in [-0.05, 0) is 39.2 Å². The van der Waals surface area contributed by atoms with E-state index in [9.17, 15) is 9.59 Å². The topological polar surface area (TPSA) is 72.2 Å². The van der Waals surface area contributed by atoms with Crippen LogP contribution in [-0.2, 0) is 10.3 Å². The number of hydrogen-bond donors (Lipinski definition) is 1. The van der Waals surface area contributed by atoms with Crippen LogP contribution in [0.15, 0.2) is 9.95 Å². The summed E-state index contributed by atoms with van der Waals surface area (Å²) in [7, 11) is 0. The first-order chi connectivity index (χ1) is 9.83. The van der Waals surface area contributed by atoms with Crippen molar-refractivity contribution in [1.29, 1.82) is 0 Å². The van der Waals surface area contributed by atoms with Gasteiger partial charge >= 0.3 is 5.97 Å². The molecule has 1 fully saturated rings. The largest absolute Gasteiger partial charge is 0.481 e. The van der Waals surface area contributed by atoms with Crippen LogP contribution in [0.25, 0.3) is 10.2 Å². The summed E-state index contributed by atoms with van der Waals surface area (Å²) in [6.45, 7) is 5.95. The van der Waals surface area contributed by atoms with Crippen molar-refractivity contribution in [3.8, 4) is 0 Å². The van der Waals surface area contributed by atoms with E-state index in [-0.39, 0.29) is 16.9 Å². The average Bonchev–Trinajstić information content (AvgIpc) is 3.06. The number of carboxylic acids is 1. The van der Waals surface area contributed by atoms with Crippen LogP contribution in [0.3, 0.4) is 0 Å². The SMILES string of the molecule is Cc1sc2nc(SCC(=O)O)n(C3(C)CC3)c(=O)c2c1C. The monoisotopic (exact) mass is 324 g/mol. The van der Waals surface area contributed by atoms with Crippen molar-refractivity contribution >= 4 is 39.3 Å². The van der Waals surface area contributed by atoms with Crippen LogP contribution in [-0.4, -0.2) is 26.4 Å². The first kappa shape index (κ1) is 14.6. The number of thiophene rings is 1. The van der Waals surface area contributed by atoms with Gasteiger partial charge in [0.1, 0.15) is 4.83 Å². The second-order valence-corrected chi connectivity index (χ2v) is 7.82. The Morgan fingerprint density at radius 3 is 2.71 bits per heavy atom. The number of aryl methyl sites for hydroxylation is 2. The molecule has 0 radical (unpaired) electrons. The number of nitrogens with zero attached hydrogens (tertiary/aromatic N) is 2. The van der Waals surface area contributed by atoms with Gasteiger partial charge in [0, 0.05) is 10.4 Å². The van der Waals surface area contributed by atoms with E-state index < -0.39 is 5.97 Å². The van der Waals surface area contributed by atoms with Crippen molar-refractivity contribution in [2.75, 3.05) is 5.75 Å². The number of fused-ring (bicyclic) bond motifs is 1. The molecule has 0 unspecified atom stereocenters. The van der Waals surface area contributed by atoms with Gasteiger partial charge in [0.05, 0.1) is 11.1 Å². The molecule has 5 nitrogen and oxygen atoms in total. The normalized spacial score (nSPS) is 16.3. The Kier molecular flexibility index (Phi) is 3.37. The quantitative estimate of drug-likeness (QED) is 0.691. The molecule has 1 N–H and O–H groups in total. The zero-order valence-electron chi connectivity index (χ0n) is 12.1. The third-order valence-electron chi connectivity index (χ3n) is 4.01. The highest BCUT2D eigenvalue weighted by Crippen LogP contribution is 2.44. The van der Waals surface area contributed by atoms with Crippen molar-refractivity contribution in [1.82, 2.24) is 9.55 Å². The van der Waals surface area contributed by atoms with Gasteiger partial charge in [-0.25, -0.2) is 4.98 Å². The van der Waals surface area contributed by atoms with Gasteiger partial charge in [-0.3, -0.25) is 14.2 Å². The molecule has 0 saturated heterocycles. The van der Waals surface area contributed by atoms with Crippen LogP contribution in [0.1, 0.15) is 30.2 Å². The third-order valence-corrected chi connectivity index (χ3v) is 6.03. The van der Waals surface area contributed by atoms with Crippen LogP contribution in [0, 0.1) is 13.8 Å². The number of carboxylic acid groups (broad SMARTS) is 1. The summed E-state index contributed by atoms with van der Waals surface area (Å²) in [5.41, 5.74) is 0.747. The smallest absolute Gasteiger partial charge is 0.313 e. The molecule has 2 aromatic heterocycles.